The summed E-state index contributed by atoms with van der Waals surface area (Å²) in [5, 5.41) is 0. The average Bonchev–Trinajstić information content (AvgIpc) is 2.82. The molecule has 1 heterocycles. The lowest BCUT2D eigenvalue weighted by Crippen LogP contribution is -2.35. The molecule has 178 valence electrons. The van der Waals surface area contributed by atoms with E-state index in [9.17, 15) is 9.35 Å². The van der Waals surface area contributed by atoms with Crippen molar-refractivity contribution in [2.75, 3.05) is 26.6 Å². The molecular weight excluding hydrogens is 506 g/mol. The molecule has 33 heavy (non-hydrogen) atoms. The van der Waals surface area contributed by atoms with Crippen LogP contribution in [0.4, 0.5) is 5.69 Å². The molecule has 4 atom stereocenters. The number of rotatable bonds is 9. The number of esters is 1. The molecule has 0 fully saturated rings. The Balaban J connectivity index is 2.30. The number of nitrogens with zero attached hydrogens (tertiary/aromatic N) is 1. The lowest BCUT2D eigenvalue weighted by Gasteiger charge is -2.36. The normalized spacial score (nSPS) is 21.2. The van der Waals surface area contributed by atoms with E-state index in [2.05, 4.69) is 22.5 Å². The van der Waals surface area contributed by atoms with Gasteiger partial charge in [-0.2, -0.15) is 0 Å². The van der Waals surface area contributed by atoms with Crippen LogP contribution in [0, 0.1) is 12.8 Å². The van der Waals surface area contributed by atoms with Gasteiger partial charge in [-0.15, -0.1) is 6.58 Å². The van der Waals surface area contributed by atoms with Gasteiger partial charge in [0.2, 0.25) is 0 Å². The number of halogens is 1. The van der Waals surface area contributed by atoms with Crippen LogP contribution in [0.5, 0.6) is 11.5 Å². The second kappa shape index (κ2) is 10.8. The van der Waals surface area contributed by atoms with Crippen LogP contribution < -0.4 is 9.47 Å². The number of ether oxygens (including phenoxy) is 3. The van der Waals surface area contributed by atoms with Crippen molar-refractivity contribution >= 4 is 37.7 Å². The van der Waals surface area contributed by atoms with Gasteiger partial charge >= 0.3 is 5.97 Å². The van der Waals surface area contributed by atoms with Crippen LogP contribution in [0.3, 0.4) is 0 Å². The largest absolute Gasteiger partial charge is 0.626 e. The molecule has 1 aliphatic rings. The third-order valence-corrected chi connectivity index (χ3v) is 8.92. The quantitative estimate of drug-likeness (QED) is 0.176. The fourth-order valence-electron chi connectivity index (χ4n) is 4.22. The summed E-state index contributed by atoms with van der Waals surface area (Å²) in [5.74, 6) is -0.0226. The van der Waals surface area contributed by atoms with Crippen molar-refractivity contribution in [3.8, 4) is 11.5 Å². The molecule has 0 radical (unpaired) electrons. The highest BCUT2D eigenvalue weighted by atomic mass is 79.9. The Kier molecular flexibility index (Phi) is 8.37. The summed E-state index contributed by atoms with van der Waals surface area (Å²) in [6, 6.07) is 11.1. The van der Waals surface area contributed by atoms with Gasteiger partial charge in [0.25, 0.3) is 0 Å². The Morgan fingerprint density at radius 3 is 2.61 bits per heavy atom. The predicted octanol–water partition coefficient (Wildman–Crippen LogP) is 5.79. The third kappa shape index (κ3) is 5.18. The molecule has 0 saturated carbocycles. The number of methoxy groups -OCH3 is 2. The van der Waals surface area contributed by atoms with Crippen LogP contribution in [0.25, 0.3) is 0 Å². The highest BCUT2D eigenvalue weighted by Crippen LogP contribution is 2.51. The fourth-order valence-corrected chi connectivity index (χ4v) is 6.96. The van der Waals surface area contributed by atoms with Gasteiger partial charge in [-0.25, -0.2) is 0 Å². The first-order valence-corrected chi connectivity index (χ1v) is 13.4. The number of carbonyl (C=O) groups excluding carboxylic acids is 1. The molecule has 0 aromatic heterocycles. The van der Waals surface area contributed by atoms with E-state index in [0.717, 1.165) is 11.1 Å². The van der Waals surface area contributed by atoms with Crippen LogP contribution in [-0.2, 0) is 19.6 Å². The summed E-state index contributed by atoms with van der Waals surface area (Å²) in [7, 11) is 0.264. The summed E-state index contributed by atoms with van der Waals surface area (Å²) >= 11 is 3.57. The lowest BCUT2D eigenvalue weighted by molar-refractivity contribution is -0.148. The molecule has 8 heteroatoms. The maximum atomic E-state index is 14.3. The summed E-state index contributed by atoms with van der Waals surface area (Å²) in [4.78, 5) is 13.7. The molecule has 2 unspecified atom stereocenters. The first-order valence-electron chi connectivity index (χ1n) is 10.8. The van der Waals surface area contributed by atoms with E-state index in [1.807, 2.05) is 43.3 Å². The van der Waals surface area contributed by atoms with E-state index < -0.39 is 21.9 Å². The second-order valence-corrected chi connectivity index (χ2v) is 11.3. The van der Waals surface area contributed by atoms with Gasteiger partial charge in [0.15, 0.2) is 11.4 Å². The van der Waals surface area contributed by atoms with Crippen LogP contribution >= 0.6 is 15.9 Å². The van der Waals surface area contributed by atoms with Gasteiger partial charge in [0, 0.05) is 16.3 Å². The summed E-state index contributed by atoms with van der Waals surface area (Å²) < 4.78 is 35.8. The maximum Gasteiger partial charge on any atom is 0.309 e. The van der Waals surface area contributed by atoms with Gasteiger partial charge in [-0.1, -0.05) is 44.6 Å². The number of alkyl halides is 1. The zero-order valence-corrected chi connectivity index (χ0v) is 21.8. The van der Waals surface area contributed by atoms with Gasteiger partial charge < -0.3 is 18.8 Å². The highest BCUT2D eigenvalue weighted by molar-refractivity contribution is 9.09. The zero-order chi connectivity index (χ0) is 24.2. The number of hydrogen-bond donors (Lipinski definition) is 0. The van der Waals surface area contributed by atoms with Crippen molar-refractivity contribution in [3.05, 3.63) is 60.2 Å². The molecule has 0 spiro atoms. The molecule has 3 rings (SSSR count). The van der Waals surface area contributed by atoms with E-state index in [4.69, 9.17) is 18.6 Å². The molecule has 6 nitrogen and oxygen atoms in total. The van der Waals surface area contributed by atoms with Crippen molar-refractivity contribution in [2.24, 2.45) is 10.3 Å². The minimum absolute atomic E-state index is 0.115. The Labute approximate surface area is 205 Å². The number of carbonyl (C=O) groups is 1. The van der Waals surface area contributed by atoms with E-state index in [1.165, 1.54) is 0 Å². The monoisotopic (exact) mass is 535 g/mol. The van der Waals surface area contributed by atoms with E-state index >= 15 is 0 Å². The molecule has 1 aliphatic heterocycles. The van der Waals surface area contributed by atoms with Crippen molar-refractivity contribution in [1.82, 2.24) is 0 Å². The van der Waals surface area contributed by atoms with Crippen molar-refractivity contribution < 1.29 is 23.6 Å². The second-order valence-electron chi connectivity index (χ2n) is 7.84. The number of hydrogen-bond acceptors (Lipinski definition) is 6. The molecule has 0 bridgehead atoms. The molecule has 0 saturated heterocycles. The van der Waals surface area contributed by atoms with Crippen molar-refractivity contribution in [3.63, 3.8) is 0 Å². The molecule has 0 N–H and O–H groups in total. The molecule has 2 aromatic carbocycles. The zero-order valence-electron chi connectivity index (χ0n) is 19.4. The van der Waals surface area contributed by atoms with Crippen LogP contribution in [-0.4, -0.2) is 41.9 Å². The van der Waals surface area contributed by atoms with Crippen LogP contribution in [0.15, 0.2) is 58.3 Å². The van der Waals surface area contributed by atoms with Crippen molar-refractivity contribution in [1.29, 1.82) is 0 Å². The van der Waals surface area contributed by atoms with Gasteiger partial charge in [-0.05, 0) is 54.1 Å². The molecular formula is C25H30BrNO5S. The number of allylic oxidation sites excluding steroid dienone is 1. The summed E-state index contributed by atoms with van der Waals surface area (Å²) in [6.07, 6.45) is 2.18. The third-order valence-electron chi connectivity index (χ3n) is 5.87. The summed E-state index contributed by atoms with van der Waals surface area (Å²) in [5.41, 5.74) is 2.03. The molecule has 0 aliphatic carbocycles. The minimum Gasteiger partial charge on any atom is -0.626 e. The van der Waals surface area contributed by atoms with E-state index in [1.54, 1.807) is 27.2 Å². The van der Waals surface area contributed by atoms with E-state index in [-0.39, 0.29) is 23.2 Å². The van der Waals surface area contributed by atoms with Crippen LogP contribution in [0.2, 0.25) is 0 Å². The standard InChI is InChI=1S/C25H30BrNO5S/c1-6-17(26)13-20(25(28)32-7-2)21-15-33(29,18-11-9-8-10-12-18)27-23-19(21)14-22(30-4)16(3)24(23)31-5/h6,8-12,14,17,20-21H,1,7,13,15H2,2-5H3/t17?,20-,21+,33?/m0/s1. The number of fused-ring (bicyclic) bond motifs is 1. The topological polar surface area (TPSA) is 80.2 Å². The Morgan fingerprint density at radius 2 is 2.03 bits per heavy atom. The Morgan fingerprint density at radius 1 is 1.33 bits per heavy atom. The van der Waals surface area contributed by atoms with Crippen LogP contribution in [0.1, 0.15) is 30.4 Å². The van der Waals surface area contributed by atoms with Gasteiger partial charge in [-0.3, -0.25) is 4.79 Å². The fraction of sp³-hybridized carbons (Fsp3) is 0.400. The molecule has 2 aromatic rings. The minimum atomic E-state index is -2.88. The Bertz CT molecular complexity index is 1070. The Hall–Kier alpha value is -2.16. The first kappa shape index (κ1) is 25.5. The van der Waals surface area contributed by atoms with Crippen molar-refractivity contribution in [2.45, 2.75) is 35.9 Å². The average molecular weight is 536 g/mol. The SMILES string of the molecule is C=CC(Br)C[C@H](C(=O)OCC)[C@@H]1C[S+]([O-])(c2ccccc2)=Nc2c1cc(OC)c(C)c2OC. The van der Waals surface area contributed by atoms with E-state index in [0.29, 0.717) is 28.5 Å². The van der Waals surface area contributed by atoms with Gasteiger partial charge in [0.05, 0.1) is 26.7 Å². The van der Waals surface area contributed by atoms with Gasteiger partial charge in [0.1, 0.15) is 16.4 Å². The lowest BCUT2D eigenvalue weighted by atomic mass is 9.82. The number of benzene rings is 2. The first-order chi connectivity index (χ1) is 15.8. The summed E-state index contributed by atoms with van der Waals surface area (Å²) in [6.45, 7) is 7.75. The molecule has 0 amide bonds. The smallest absolute Gasteiger partial charge is 0.309 e. The predicted molar refractivity (Wildman–Crippen MR) is 134 cm³/mol. The maximum absolute atomic E-state index is 14.3. The highest BCUT2D eigenvalue weighted by Gasteiger charge is 2.43.